The molecule has 0 spiro atoms. The Kier molecular flexibility index (Phi) is 4.92. The van der Waals surface area contributed by atoms with Crippen LogP contribution in [0.2, 0.25) is 0 Å². The Morgan fingerprint density at radius 2 is 2.06 bits per heavy atom. The first-order valence-electron chi connectivity index (χ1n) is 5.46. The molecule has 4 heteroatoms. The molecule has 16 heavy (non-hydrogen) atoms. The molecule has 1 aromatic rings. The summed E-state index contributed by atoms with van der Waals surface area (Å²) in [5.41, 5.74) is 1.21. The van der Waals surface area contributed by atoms with Crippen LogP contribution in [0.25, 0.3) is 0 Å². The third kappa shape index (κ3) is 3.98. The summed E-state index contributed by atoms with van der Waals surface area (Å²) in [5.74, 6) is -1.12. The van der Waals surface area contributed by atoms with E-state index in [2.05, 4.69) is 10.3 Å². The molecule has 0 saturated carbocycles. The molecule has 2 atom stereocenters. The van der Waals surface area contributed by atoms with E-state index in [1.807, 2.05) is 19.1 Å². The van der Waals surface area contributed by atoms with Gasteiger partial charge in [0.2, 0.25) is 0 Å². The van der Waals surface area contributed by atoms with Crippen LogP contribution >= 0.6 is 0 Å². The lowest BCUT2D eigenvalue weighted by molar-refractivity contribution is -0.141. The number of carboxylic acids is 1. The van der Waals surface area contributed by atoms with Crippen molar-refractivity contribution in [2.75, 3.05) is 6.54 Å². The van der Waals surface area contributed by atoms with E-state index >= 15 is 0 Å². The Balaban J connectivity index is 2.28. The fraction of sp³-hybridized carbons (Fsp3) is 0.500. The number of hydrogen-bond donors (Lipinski definition) is 2. The van der Waals surface area contributed by atoms with Crippen LogP contribution in [-0.2, 0) is 11.2 Å². The Morgan fingerprint density at radius 1 is 1.44 bits per heavy atom. The average Bonchev–Trinajstić information content (AvgIpc) is 2.29. The van der Waals surface area contributed by atoms with Crippen molar-refractivity contribution in [3.05, 3.63) is 30.1 Å². The second-order valence-electron chi connectivity index (χ2n) is 3.98. The quantitative estimate of drug-likeness (QED) is 0.762. The van der Waals surface area contributed by atoms with Crippen molar-refractivity contribution in [2.45, 2.75) is 26.3 Å². The van der Waals surface area contributed by atoms with Gasteiger partial charge in [0.1, 0.15) is 0 Å². The van der Waals surface area contributed by atoms with Gasteiger partial charge in [-0.2, -0.15) is 0 Å². The predicted molar refractivity (Wildman–Crippen MR) is 62.2 cm³/mol. The maximum absolute atomic E-state index is 10.7. The number of pyridine rings is 1. The Labute approximate surface area is 95.7 Å². The van der Waals surface area contributed by atoms with Crippen molar-refractivity contribution in [3.8, 4) is 0 Å². The molecule has 0 aromatic carbocycles. The van der Waals surface area contributed by atoms with E-state index in [0.717, 1.165) is 13.0 Å². The maximum Gasteiger partial charge on any atom is 0.307 e. The number of rotatable bonds is 6. The minimum absolute atomic E-state index is 0.0145. The highest BCUT2D eigenvalue weighted by Crippen LogP contribution is 2.03. The third-order valence-corrected chi connectivity index (χ3v) is 2.77. The molecule has 0 fully saturated rings. The van der Waals surface area contributed by atoms with Crippen molar-refractivity contribution in [1.82, 2.24) is 10.3 Å². The standard InChI is InChI=1S/C12H18N2O2/c1-9(12(15)16)10(2)14-8-5-11-3-6-13-7-4-11/h3-4,6-7,9-10,14H,5,8H2,1-2H3,(H,15,16). The van der Waals surface area contributed by atoms with E-state index in [-0.39, 0.29) is 12.0 Å². The number of nitrogens with one attached hydrogen (secondary N) is 1. The molecule has 1 heterocycles. The second kappa shape index (κ2) is 6.23. The van der Waals surface area contributed by atoms with E-state index < -0.39 is 5.97 Å². The molecule has 0 aliphatic rings. The molecular formula is C12H18N2O2. The molecular weight excluding hydrogens is 204 g/mol. The lowest BCUT2D eigenvalue weighted by Gasteiger charge is -2.17. The molecule has 1 rings (SSSR count). The summed E-state index contributed by atoms with van der Waals surface area (Å²) >= 11 is 0. The van der Waals surface area contributed by atoms with Crippen molar-refractivity contribution in [2.24, 2.45) is 5.92 Å². The summed E-state index contributed by atoms with van der Waals surface area (Å²) in [6.45, 7) is 4.39. The zero-order valence-corrected chi connectivity index (χ0v) is 9.68. The van der Waals surface area contributed by atoms with Crippen molar-refractivity contribution < 1.29 is 9.90 Å². The second-order valence-corrected chi connectivity index (χ2v) is 3.98. The topological polar surface area (TPSA) is 62.2 Å². The van der Waals surface area contributed by atoms with Crippen LogP contribution in [0.5, 0.6) is 0 Å². The zero-order valence-electron chi connectivity index (χ0n) is 9.68. The Hall–Kier alpha value is -1.42. The first-order valence-corrected chi connectivity index (χ1v) is 5.46. The number of aliphatic carboxylic acids is 1. The van der Waals surface area contributed by atoms with Crippen LogP contribution in [0, 0.1) is 5.92 Å². The van der Waals surface area contributed by atoms with Crippen LogP contribution in [0.3, 0.4) is 0 Å². The van der Waals surface area contributed by atoms with Gasteiger partial charge in [-0.05, 0) is 37.6 Å². The lowest BCUT2D eigenvalue weighted by atomic mass is 10.0. The minimum atomic E-state index is -0.760. The highest BCUT2D eigenvalue weighted by Gasteiger charge is 2.18. The Bertz CT molecular complexity index is 327. The first kappa shape index (κ1) is 12.6. The predicted octanol–water partition coefficient (Wildman–Crippen LogP) is 1.32. The summed E-state index contributed by atoms with van der Waals surface area (Å²) < 4.78 is 0. The highest BCUT2D eigenvalue weighted by atomic mass is 16.4. The molecule has 0 aliphatic carbocycles. The molecule has 2 N–H and O–H groups in total. The highest BCUT2D eigenvalue weighted by molar-refractivity contribution is 5.70. The number of carbonyl (C=O) groups is 1. The van der Waals surface area contributed by atoms with Gasteiger partial charge in [-0.1, -0.05) is 6.92 Å². The first-order chi connectivity index (χ1) is 7.61. The number of aromatic nitrogens is 1. The van der Waals surface area contributed by atoms with E-state index in [4.69, 9.17) is 5.11 Å². The van der Waals surface area contributed by atoms with Gasteiger partial charge in [0, 0.05) is 18.4 Å². The van der Waals surface area contributed by atoms with Gasteiger partial charge in [0.05, 0.1) is 5.92 Å². The number of carboxylic acid groups (broad SMARTS) is 1. The van der Waals surface area contributed by atoms with Gasteiger partial charge in [0.25, 0.3) is 0 Å². The van der Waals surface area contributed by atoms with Crippen molar-refractivity contribution >= 4 is 5.97 Å². The molecule has 0 bridgehead atoms. The van der Waals surface area contributed by atoms with Crippen LogP contribution in [-0.4, -0.2) is 28.6 Å². The molecule has 88 valence electrons. The van der Waals surface area contributed by atoms with Crippen LogP contribution in [0.15, 0.2) is 24.5 Å². The largest absolute Gasteiger partial charge is 0.481 e. The smallest absolute Gasteiger partial charge is 0.307 e. The van der Waals surface area contributed by atoms with E-state index in [9.17, 15) is 4.79 Å². The number of nitrogens with zero attached hydrogens (tertiary/aromatic N) is 1. The molecule has 0 saturated heterocycles. The summed E-state index contributed by atoms with van der Waals surface area (Å²) in [6.07, 6.45) is 4.41. The van der Waals surface area contributed by atoms with Gasteiger partial charge in [-0.3, -0.25) is 9.78 Å². The normalized spacial score (nSPS) is 14.4. The molecule has 4 nitrogen and oxygen atoms in total. The SMILES string of the molecule is CC(NCCc1ccncc1)C(C)C(=O)O. The third-order valence-electron chi connectivity index (χ3n) is 2.77. The van der Waals surface area contributed by atoms with Gasteiger partial charge < -0.3 is 10.4 Å². The van der Waals surface area contributed by atoms with E-state index in [1.54, 1.807) is 19.3 Å². The average molecular weight is 222 g/mol. The van der Waals surface area contributed by atoms with Crippen molar-refractivity contribution in [1.29, 1.82) is 0 Å². The van der Waals surface area contributed by atoms with E-state index in [0.29, 0.717) is 0 Å². The van der Waals surface area contributed by atoms with E-state index in [1.165, 1.54) is 5.56 Å². The maximum atomic E-state index is 10.7. The molecule has 1 aromatic heterocycles. The summed E-state index contributed by atoms with van der Waals surface area (Å²) in [4.78, 5) is 14.7. The summed E-state index contributed by atoms with van der Waals surface area (Å²) in [6, 6.07) is 3.92. The van der Waals surface area contributed by atoms with Crippen LogP contribution in [0.1, 0.15) is 19.4 Å². The molecule has 0 radical (unpaired) electrons. The van der Waals surface area contributed by atoms with Crippen molar-refractivity contribution in [3.63, 3.8) is 0 Å². The van der Waals surface area contributed by atoms with Crippen LogP contribution < -0.4 is 5.32 Å². The van der Waals surface area contributed by atoms with Crippen LogP contribution in [0.4, 0.5) is 0 Å². The Morgan fingerprint density at radius 3 is 2.62 bits per heavy atom. The molecule has 0 aliphatic heterocycles. The fourth-order valence-corrected chi connectivity index (χ4v) is 1.38. The van der Waals surface area contributed by atoms with Gasteiger partial charge in [-0.15, -0.1) is 0 Å². The van der Waals surface area contributed by atoms with Gasteiger partial charge in [-0.25, -0.2) is 0 Å². The summed E-state index contributed by atoms with van der Waals surface area (Å²) in [7, 11) is 0. The van der Waals surface area contributed by atoms with Gasteiger partial charge >= 0.3 is 5.97 Å². The monoisotopic (exact) mass is 222 g/mol. The number of hydrogen-bond acceptors (Lipinski definition) is 3. The van der Waals surface area contributed by atoms with Gasteiger partial charge in [0.15, 0.2) is 0 Å². The molecule has 0 amide bonds. The lowest BCUT2D eigenvalue weighted by Crippen LogP contribution is -2.37. The molecule has 2 unspecified atom stereocenters. The zero-order chi connectivity index (χ0) is 12.0. The summed E-state index contributed by atoms with van der Waals surface area (Å²) in [5, 5.41) is 12.0. The minimum Gasteiger partial charge on any atom is -0.481 e. The fourth-order valence-electron chi connectivity index (χ4n) is 1.38.